The smallest absolute Gasteiger partial charge is 0.118 e. The Labute approximate surface area is 111 Å². The molecule has 1 heterocycles. The molecule has 1 N–H and O–H groups in total. The predicted octanol–water partition coefficient (Wildman–Crippen LogP) is 3.13. The van der Waals surface area contributed by atoms with Crippen molar-refractivity contribution in [3.63, 3.8) is 0 Å². The van der Waals surface area contributed by atoms with Crippen molar-refractivity contribution in [1.29, 1.82) is 0 Å². The van der Waals surface area contributed by atoms with E-state index in [1.54, 1.807) is 32.3 Å². The number of benzene rings is 1. The molecule has 18 heavy (non-hydrogen) atoms. The quantitative estimate of drug-likeness (QED) is 0.921. The average Bonchev–Trinajstić information content (AvgIpc) is 2.75. The van der Waals surface area contributed by atoms with Crippen molar-refractivity contribution in [2.24, 2.45) is 0 Å². The summed E-state index contributed by atoms with van der Waals surface area (Å²) in [6.07, 6.45) is 0.577. The Kier molecular flexibility index (Phi) is 3.68. The van der Waals surface area contributed by atoms with Gasteiger partial charge in [-0.1, -0.05) is 0 Å². The molecule has 4 heteroatoms. The van der Waals surface area contributed by atoms with Gasteiger partial charge >= 0.3 is 0 Å². The minimum atomic E-state index is -0.713. The van der Waals surface area contributed by atoms with Crippen molar-refractivity contribution in [1.82, 2.24) is 4.98 Å². The number of hydrogen-bond donors (Lipinski definition) is 1. The maximum Gasteiger partial charge on any atom is 0.118 e. The number of methoxy groups -OCH3 is 1. The second-order valence-electron chi connectivity index (χ2n) is 4.84. The van der Waals surface area contributed by atoms with Crippen LogP contribution in [0.4, 0.5) is 0 Å². The molecule has 0 atom stereocenters. The molecular weight excluding hydrogens is 246 g/mol. The third-order valence-corrected chi connectivity index (χ3v) is 3.37. The fourth-order valence-corrected chi connectivity index (χ4v) is 2.68. The van der Waals surface area contributed by atoms with Crippen LogP contribution in [-0.4, -0.2) is 22.8 Å². The van der Waals surface area contributed by atoms with Crippen molar-refractivity contribution in [2.45, 2.75) is 25.9 Å². The molecule has 96 valence electrons. The lowest BCUT2D eigenvalue weighted by Gasteiger charge is -2.14. The highest BCUT2D eigenvalue weighted by atomic mass is 32.1. The van der Waals surface area contributed by atoms with E-state index in [9.17, 15) is 5.11 Å². The number of ether oxygens (including phenoxy) is 1. The number of aliphatic hydroxyl groups is 1. The summed E-state index contributed by atoms with van der Waals surface area (Å²) >= 11 is 1.58. The van der Waals surface area contributed by atoms with Gasteiger partial charge in [-0.3, -0.25) is 0 Å². The fourth-order valence-electron chi connectivity index (χ4n) is 1.66. The number of aromatic nitrogens is 1. The Morgan fingerprint density at radius 3 is 2.50 bits per heavy atom. The van der Waals surface area contributed by atoms with Gasteiger partial charge in [0.1, 0.15) is 5.75 Å². The topological polar surface area (TPSA) is 42.4 Å². The predicted molar refractivity (Wildman–Crippen MR) is 74.1 cm³/mol. The third kappa shape index (κ3) is 3.31. The van der Waals surface area contributed by atoms with Crippen molar-refractivity contribution in [3.05, 3.63) is 34.7 Å². The molecule has 0 saturated carbocycles. The molecular formula is C14H17NO2S. The summed E-state index contributed by atoms with van der Waals surface area (Å²) in [5.74, 6) is 0.839. The van der Waals surface area contributed by atoms with Crippen LogP contribution in [0.1, 0.15) is 18.9 Å². The lowest BCUT2D eigenvalue weighted by atomic mass is 10.1. The van der Waals surface area contributed by atoms with Crippen LogP contribution in [-0.2, 0) is 6.42 Å². The van der Waals surface area contributed by atoms with E-state index in [0.717, 1.165) is 22.0 Å². The molecule has 0 radical (unpaired) electrons. The summed E-state index contributed by atoms with van der Waals surface area (Å²) in [7, 11) is 1.65. The van der Waals surface area contributed by atoms with Gasteiger partial charge in [0, 0.05) is 17.4 Å². The molecule has 0 aliphatic rings. The van der Waals surface area contributed by atoms with Crippen LogP contribution in [0.25, 0.3) is 11.3 Å². The number of nitrogens with zero attached hydrogens (tertiary/aromatic N) is 1. The van der Waals surface area contributed by atoms with E-state index >= 15 is 0 Å². The first-order valence-corrected chi connectivity index (χ1v) is 6.67. The maximum absolute atomic E-state index is 9.77. The van der Waals surface area contributed by atoms with Crippen LogP contribution < -0.4 is 4.74 Å². The number of hydrogen-bond acceptors (Lipinski definition) is 4. The summed E-state index contributed by atoms with van der Waals surface area (Å²) in [5.41, 5.74) is 1.30. The van der Waals surface area contributed by atoms with Crippen LogP contribution in [0.3, 0.4) is 0 Å². The van der Waals surface area contributed by atoms with E-state index in [1.807, 2.05) is 29.6 Å². The van der Waals surface area contributed by atoms with Gasteiger partial charge in [0.05, 0.1) is 23.4 Å². The van der Waals surface area contributed by atoms with Gasteiger partial charge in [-0.25, -0.2) is 4.98 Å². The molecule has 2 rings (SSSR count). The van der Waals surface area contributed by atoms with Crippen LogP contribution in [0.5, 0.6) is 5.75 Å². The van der Waals surface area contributed by atoms with E-state index in [0.29, 0.717) is 6.42 Å². The third-order valence-electron chi connectivity index (χ3n) is 2.52. The lowest BCUT2D eigenvalue weighted by molar-refractivity contribution is 0.0809. The van der Waals surface area contributed by atoms with E-state index in [4.69, 9.17) is 4.74 Å². The standard InChI is InChI=1S/C14H17NO2S/c1-14(2,16)8-13-15-12(9-18-13)10-4-6-11(17-3)7-5-10/h4-7,9,16H,8H2,1-3H3. The SMILES string of the molecule is COc1ccc(-c2csc(CC(C)(C)O)n2)cc1. The second-order valence-corrected chi connectivity index (χ2v) is 5.79. The minimum absolute atomic E-state index is 0.577. The summed E-state index contributed by atoms with van der Waals surface area (Å²) in [6, 6.07) is 7.82. The van der Waals surface area contributed by atoms with E-state index in [2.05, 4.69) is 4.98 Å². The fraction of sp³-hybridized carbons (Fsp3) is 0.357. The Balaban J connectivity index is 2.18. The van der Waals surface area contributed by atoms with Crippen LogP contribution >= 0.6 is 11.3 Å². The van der Waals surface area contributed by atoms with Crippen LogP contribution in [0, 0.1) is 0 Å². The van der Waals surface area contributed by atoms with Crippen molar-refractivity contribution in [3.8, 4) is 17.0 Å². The second kappa shape index (κ2) is 5.08. The van der Waals surface area contributed by atoms with E-state index in [1.165, 1.54) is 0 Å². The van der Waals surface area contributed by atoms with Crippen molar-refractivity contribution < 1.29 is 9.84 Å². The molecule has 3 nitrogen and oxygen atoms in total. The Morgan fingerprint density at radius 2 is 1.94 bits per heavy atom. The van der Waals surface area contributed by atoms with E-state index < -0.39 is 5.60 Å². The van der Waals surface area contributed by atoms with Gasteiger partial charge in [-0.05, 0) is 38.1 Å². The minimum Gasteiger partial charge on any atom is -0.497 e. The normalized spacial score (nSPS) is 11.6. The van der Waals surface area contributed by atoms with Gasteiger partial charge in [0.25, 0.3) is 0 Å². The first-order chi connectivity index (χ1) is 8.48. The van der Waals surface area contributed by atoms with Gasteiger partial charge in [-0.15, -0.1) is 11.3 Å². The number of thiazole rings is 1. The lowest BCUT2D eigenvalue weighted by Crippen LogP contribution is -2.21. The Morgan fingerprint density at radius 1 is 1.28 bits per heavy atom. The maximum atomic E-state index is 9.77. The molecule has 0 aliphatic carbocycles. The van der Waals surface area contributed by atoms with Gasteiger partial charge in [0.2, 0.25) is 0 Å². The van der Waals surface area contributed by atoms with E-state index in [-0.39, 0.29) is 0 Å². The first kappa shape index (κ1) is 13.1. The molecule has 1 aromatic heterocycles. The molecule has 0 bridgehead atoms. The summed E-state index contributed by atoms with van der Waals surface area (Å²) in [6.45, 7) is 3.59. The molecule has 2 aromatic rings. The highest BCUT2D eigenvalue weighted by Crippen LogP contribution is 2.25. The zero-order valence-electron chi connectivity index (χ0n) is 10.8. The molecule has 1 aromatic carbocycles. The monoisotopic (exact) mass is 263 g/mol. The molecule has 0 aliphatic heterocycles. The molecule has 0 amide bonds. The zero-order valence-corrected chi connectivity index (χ0v) is 11.6. The van der Waals surface area contributed by atoms with Crippen LogP contribution in [0.2, 0.25) is 0 Å². The first-order valence-electron chi connectivity index (χ1n) is 5.79. The molecule has 0 spiro atoms. The highest BCUT2D eigenvalue weighted by Gasteiger charge is 2.16. The Bertz CT molecular complexity index is 511. The average molecular weight is 263 g/mol. The van der Waals surface area contributed by atoms with Crippen molar-refractivity contribution >= 4 is 11.3 Å². The molecule has 0 fully saturated rings. The van der Waals surface area contributed by atoms with Gasteiger partial charge in [0.15, 0.2) is 0 Å². The Hall–Kier alpha value is -1.39. The zero-order chi connectivity index (χ0) is 13.2. The highest BCUT2D eigenvalue weighted by molar-refractivity contribution is 7.09. The van der Waals surface area contributed by atoms with Crippen molar-refractivity contribution in [2.75, 3.05) is 7.11 Å². The molecule has 0 saturated heterocycles. The molecule has 0 unspecified atom stereocenters. The summed E-state index contributed by atoms with van der Waals surface area (Å²) < 4.78 is 5.13. The van der Waals surface area contributed by atoms with Gasteiger partial charge < -0.3 is 9.84 Å². The largest absolute Gasteiger partial charge is 0.497 e. The summed E-state index contributed by atoms with van der Waals surface area (Å²) in [4.78, 5) is 4.54. The number of rotatable bonds is 4. The van der Waals surface area contributed by atoms with Gasteiger partial charge in [-0.2, -0.15) is 0 Å². The van der Waals surface area contributed by atoms with Crippen LogP contribution in [0.15, 0.2) is 29.6 Å². The summed E-state index contributed by atoms with van der Waals surface area (Å²) in [5, 5.41) is 12.7.